The predicted octanol–water partition coefficient (Wildman–Crippen LogP) is 2.26. The lowest BCUT2D eigenvalue weighted by molar-refractivity contribution is 0.0890. The molecule has 2 aromatic heterocycles. The summed E-state index contributed by atoms with van der Waals surface area (Å²) in [6.45, 7) is 7.59. The van der Waals surface area contributed by atoms with Gasteiger partial charge in [-0.05, 0) is 43.9 Å². The lowest BCUT2D eigenvalue weighted by atomic mass is 10.1. The fourth-order valence-corrected chi connectivity index (χ4v) is 3.29. The zero-order valence-electron chi connectivity index (χ0n) is 14.3. The third-order valence-electron chi connectivity index (χ3n) is 5.18. The van der Waals surface area contributed by atoms with Crippen LogP contribution in [-0.4, -0.2) is 57.6 Å². The average molecular weight is 327 g/mol. The van der Waals surface area contributed by atoms with Crippen LogP contribution in [0, 0.1) is 0 Å². The maximum atomic E-state index is 5.49. The van der Waals surface area contributed by atoms with Gasteiger partial charge in [0.1, 0.15) is 0 Å². The maximum Gasteiger partial charge on any atom is 0.243 e. The summed E-state index contributed by atoms with van der Waals surface area (Å²) in [5.41, 5.74) is 1.36. The second-order valence-corrected chi connectivity index (χ2v) is 6.92. The Morgan fingerprint density at radius 3 is 2.62 bits per heavy atom. The number of aromatic nitrogens is 3. The van der Waals surface area contributed by atoms with Crippen LogP contribution in [0.2, 0.25) is 0 Å². The molecule has 0 radical (unpaired) electrons. The van der Waals surface area contributed by atoms with E-state index in [2.05, 4.69) is 44.0 Å². The highest BCUT2D eigenvalue weighted by molar-refractivity contribution is 5.10. The van der Waals surface area contributed by atoms with Gasteiger partial charge in [0, 0.05) is 51.0 Å². The van der Waals surface area contributed by atoms with Crippen molar-refractivity contribution < 1.29 is 4.52 Å². The van der Waals surface area contributed by atoms with Crippen LogP contribution in [0.3, 0.4) is 0 Å². The number of nitrogens with zero attached hydrogens (tertiary/aromatic N) is 5. The molecule has 0 aromatic carbocycles. The Bertz CT molecular complexity index is 646. The predicted molar refractivity (Wildman–Crippen MR) is 90.6 cm³/mol. The molecule has 0 bridgehead atoms. The largest absolute Gasteiger partial charge is 0.338 e. The highest BCUT2D eigenvalue weighted by Crippen LogP contribution is 2.38. The Morgan fingerprint density at radius 2 is 1.92 bits per heavy atom. The van der Waals surface area contributed by atoms with Crippen molar-refractivity contribution in [1.82, 2.24) is 24.9 Å². The molecule has 1 aliphatic carbocycles. The maximum absolute atomic E-state index is 5.49. The Hall–Kier alpha value is -1.79. The van der Waals surface area contributed by atoms with E-state index in [9.17, 15) is 0 Å². The van der Waals surface area contributed by atoms with Gasteiger partial charge in [-0.25, -0.2) is 0 Å². The topological polar surface area (TPSA) is 58.3 Å². The van der Waals surface area contributed by atoms with Crippen LogP contribution in [0.25, 0.3) is 0 Å². The van der Waals surface area contributed by atoms with Gasteiger partial charge in [0.05, 0.1) is 6.04 Å². The number of piperazine rings is 1. The molecule has 1 unspecified atom stereocenters. The molecule has 2 fully saturated rings. The minimum Gasteiger partial charge on any atom is -0.338 e. The van der Waals surface area contributed by atoms with Crippen molar-refractivity contribution in [1.29, 1.82) is 0 Å². The van der Waals surface area contributed by atoms with E-state index in [4.69, 9.17) is 4.52 Å². The van der Waals surface area contributed by atoms with Crippen molar-refractivity contribution in [2.45, 2.75) is 38.1 Å². The summed E-state index contributed by atoms with van der Waals surface area (Å²) in [5.74, 6) is 2.25. The molecule has 128 valence electrons. The minimum atomic E-state index is 0.215. The second-order valence-electron chi connectivity index (χ2n) is 6.92. The third kappa shape index (κ3) is 3.65. The first kappa shape index (κ1) is 15.7. The van der Waals surface area contributed by atoms with Gasteiger partial charge < -0.3 is 9.42 Å². The highest BCUT2D eigenvalue weighted by atomic mass is 16.5. The van der Waals surface area contributed by atoms with E-state index in [1.807, 2.05) is 12.4 Å². The van der Waals surface area contributed by atoms with Crippen molar-refractivity contribution in [3.8, 4) is 0 Å². The van der Waals surface area contributed by atoms with Crippen LogP contribution in [-0.2, 0) is 6.42 Å². The van der Waals surface area contributed by atoms with Crippen molar-refractivity contribution in [3.05, 3.63) is 41.8 Å². The standard InChI is InChI=1S/C18H25N5O/c1-14(18-20-17(21-24-18)16-2-3-16)23-12-10-22(11-13-23)9-6-15-4-7-19-8-5-15/h4-5,7-8,14,16H,2-3,6,9-13H2,1H3. The number of hydrogen-bond acceptors (Lipinski definition) is 6. The van der Waals surface area contributed by atoms with E-state index in [-0.39, 0.29) is 6.04 Å². The minimum absolute atomic E-state index is 0.215. The molecule has 0 amide bonds. The Balaban J connectivity index is 1.26. The summed E-state index contributed by atoms with van der Waals surface area (Å²) >= 11 is 0. The third-order valence-corrected chi connectivity index (χ3v) is 5.18. The van der Waals surface area contributed by atoms with Crippen molar-refractivity contribution in [3.63, 3.8) is 0 Å². The Morgan fingerprint density at radius 1 is 1.17 bits per heavy atom. The quantitative estimate of drug-likeness (QED) is 0.811. The molecule has 0 N–H and O–H groups in total. The average Bonchev–Trinajstić information content (AvgIpc) is 3.38. The van der Waals surface area contributed by atoms with Gasteiger partial charge in [-0.3, -0.25) is 9.88 Å². The number of hydrogen-bond donors (Lipinski definition) is 0. The van der Waals surface area contributed by atoms with Gasteiger partial charge in [-0.15, -0.1) is 0 Å². The van der Waals surface area contributed by atoms with Crippen LogP contribution in [0.4, 0.5) is 0 Å². The van der Waals surface area contributed by atoms with Gasteiger partial charge in [0.2, 0.25) is 5.89 Å². The summed E-state index contributed by atoms with van der Waals surface area (Å²) in [6, 6.07) is 4.42. The first-order chi connectivity index (χ1) is 11.8. The smallest absolute Gasteiger partial charge is 0.243 e. The molecule has 6 heteroatoms. The summed E-state index contributed by atoms with van der Waals surface area (Å²) in [4.78, 5) is 13.7. The summed E-state index contributed by atoms with van der Waals surface area (Å²) in [7, 11) is 0. The van der Waals surface area contributed by atoms with E-state index in [1.165, 1.54) is 18.4 Å². The van der Waals surface area contributed by atoms with E-state index in [0.29, 0.717) is 5.92 Å². The number of rotatable bonds is 6. The molecule has 1 saturated carbocycles. The van der Waals surface area contributed by atoms with Crippen LogP contribution in [0.1, 0.15) is 49.0 Å². The van der Waals surface area contributed by atoms with Crippen LogP contribution < -0.4 is 0 Å². The van der Waals surface area contributed by atoms with Gasteiger partial charge in [-0.1, -0.05) is 5.16 Å². The fourth-order valence-electron chi connectivity index (χ4n) is 3.29. The molecule has 4 rings (SSSR count). The summed E-state index contributed by atoms with van der Waals surface area (Å²) in [6.07, 6.45) is 7.25. The lowest BCUT2D eigenvalue weighted by Gasteiger charge is -2.36. The Labute approximate surface area is 142 Å². The van der Waals surface area contributed by atoms with E-state index < -0.39 is 0 Å². The monoisotopic (exact) mass is 327 g/mol. The van der Waals surface area contributed by atoms with Crippen LogP contribution in [0.15, 0.2) is 29.0 Å². The van der Waals surface area contributed by atoms with E-state index >= 15 is 0 Å². The van der Waals surface area contributed by atoms with Gasteiger partial charge in [0.25, 0.3) is 0 Å². The molecule has 24 heavy (non-hydrogen) atoms. The molecule has 3 heterocycles. The molecule has 1 aliphatic heterocycles. The summed E-state index contributed by atoms with van der Waals surface area (Å²) in [5, 5.41) is 4.14. The van der Waals surface area contributed by atoms with E-state index in [0.717, 1.165) is 50.9 Å². The molecule has 2 aromatic rings. The second kappa shape index (κ2) is 6.99. The van der Waals surface area contributed by atoms with Gasteiger partial charge >= 0.3 is 0 Å². The van der Waals surface area contributed by atoms with Gasteiger partial charge in [0.15, 0.2) is 5.82 Å². The zero-order valence-corrected chi connectivity index (χ0v) is 14.3. The molecular weight excluding hydrogens is 302 g/mol. The van der Waals surface area contributed by atoms with Crippen LogP contribution in [0.5, 0.6) is 0 Å². The normalized spacial score (nSPS) is 21.0. The molecule has 1 saturated heterocycles. The molecule has 0 spiro atoms. The first-order valence-electron chi connectivity index (χ1n) is 8.98. The highest BCUT2D eigenvalue weighted by Gasteiger charge is 2.31. The number of pyridine rings is 1. The van der Waals surface area contributed by atoms with Gasteiger partial charge in [-0.2, -0.15) is 4.98 Å². The first-order valence-corrected chi connectivity index (χ1v) is 8.98. The Kier molecular flexibility index (Phi) is 4.58. The fraction of sp³-hybridized carbons (Fsp3) is 0.611. The van der Waals surface area contributed by atoms with Crippen molar-refractivity contribution in [2.75, 3.05) is 32.7 Å². The lowest BCUT2D eigenvalue weighted by Crippen LogP contribution is -2.47. The van der Waals surface area contributed by atoms with Crippen molar-refractivity contribution in [2.24, 2.45) is 0 Å². The zero-order chi connectivity index (χ0) is 16.4. The molecular formula is C18H25N5O. The van der Waals surface area contributed by atoms with E-state index in [1.54, 1.807) is 0 Å². The SMILES string of the molecule is CC(c1nc(C2CC2)no1)N1CCN(CCc2ccncc2)CC1. The molecule has 2 aliphatic rings. The van der Waals surface area contributed by atoms with Crippen molar-refractivity contribution >= 4 is 0 Å². The molecule has 6 nitrogen and oxygen atoms in total. The van der Waals surface area contributed by atoms with Crippen LogP contribution >= 0.6 is 0 Å². The molecule has 1 atom stereocenters. The summed E-state index contributed by atoms with van der Waals surface area (Å²) < 4.78 is 5.49.